The lowest BCUT2D eigenvalue weighted by Gasteiger charge is -2.06. The van der Waals surface area contributed by atoms with Crippen molar-refractivity contribution in [1.82, 2.24) is 15.0 Å². The van der Waals surface area contributed by atoms with Crippen LogP contribution in [0.1, 0.15) is 9.67 Å². The lowest BCUT2D eigenvalue weighted by molar-refractivity contribution is 0.103. The van der Waals surface area contributed by atoms with Crippen molar-refractivity contribution >= 4 is 57.1 Å². The fourth-order valence-corrected chi connectivity index (χ4v) is 4.04. The maximum atomic E-state index is 12.2. The quantitative estimate of drug-likeness (QED) is 0.295. The highest BCUT2D eigenvalue weighted by Gasteiger charge is 2.11. The summed E-state index contributed by atoms with van der Waals surface area (Å²) in [4.78, 5) is 24.9. The van der Waals surface area contributed by atoms with E-state index >= 15 is 0 Å². The molecule has 0 fully saturated rings. The predicted molar refractivity (Wildman–Crippen MR) is 126 cm³/mol. The smallest absolute Gasteiger partial charge is 0.265 e. The molecule has 1 amide bonds. The van der Waals surface area contributed by atoms with Crippen LogP contribution < -0.4 is 10.6 Å². The molecular weight excluding hydrogens is 430 g/mol. The van der Waals surface area contributed by atoms with Gasteiger partial charge in [-0.05, 0) is 53.4 Å². The summed E-state index contributed by atoms with van der Waals surface area (Å²) in [6, 6.07) is 20.8. The number of hydrogen-bond donors (Lipinski definition) is 3. The number of carbonyl (C=O) groups excluding carboxylic acids is 1. The number of aromatic amines is 1. The minimum Gasteiger partial charge on any atom is -0.340 e. The lowest BCUT2D eigenvalue weighted by atomic mass is 10.1. The number of aromatic nitrogens is 3. The van der Waals surface area contributed by atoms with Gasteiger partial charge in [-0.3, -0.25) is 4.79 Å². The molecule has 6 nitrogen and oxygen atoms in total. The van der Waals surface area contributed by atoms with Crippen molar-refractivity contribution in [3.05, 3.63) is 88.3 Å². The standard InChI is InChI=1S/C23H16ClN5OS/c24-15-3-1-4-17(11-15)27-21-18-12-19(29-22(18)26-13-25-21)14-6-8-16(9-7-14)28-23(30)20-5-2-10-31-20/h1-13H,(H,28,30)(H2,25,26,27,29). The zero-order valence-corrected chi connectivity index (χ0v) is 17.7. The number of H-pyrrole nitrogens is 1. The van der Waals surface area contributed by atoms with Crippen molar-refractivity contribution in [3.63, 3.8) is 0 Å². The van der Waals surface area contributed by atoms with E-state index in [-0.39, 0.29) is 5.91 Å². The van der Waals surface area contributed by atoms with Gasteiger partial charge in [-0.2, -0.15) is 0 Å². The van der Waals surface area contributed by atoms with E-state index < -0.39 is 0 Å². The molecule has 0 atom stereocenters. The van der Waals surface area contributed by atoms with Gasteiger partial charge in [0, 0.05) is 22.1 Å². The topological polar surface area (TPSA) is 82.7 Å². The number of anilines is 3. The van der Waals surface area contributed by atoms with Crippen LogP contribution in [0.15, 0.2) is 78.4 Å². The second kappa shape index (κ2) is 8.22. The normalized spacial score (nSPS) is 10.9. The van der Waals surface area contributed by atoms with E-state index in [0.717, 1.165) is 33.7 Å². The Morgan fingerprint density at radius 3 is 2.61 bits per heavy atom. The van der Waals surface area contributed by atoms with Gasteiger partial charge in [0.1, 0.15) is 17.8 Å². The predicted octanol–water partition coefficient (Wildman–Crippen LogP) is 6.34. The molecule has 3 aromatic heterocycles. The Balaban J connectivity index is 1.39. The minimum absolute atomic E-state index is 0.111. The molecule has 3 heterocycles. The maximum absolute atomic E-state index is 12.2. The number of amides is 1. The molecule has 152 valence electrons. The third-order valence-corrected chi connectivity index (χ3v) is 5.82. The first kappa shape index (κ1) is 19.3. The summed E-state index contributed by atoms with van der Waals surface area (Å²) in [5.41, 5.74) is 4.19. The fraction of sp³-hybridized carbons (Fsp3) is 0. The Bertz CT molecular complexity index is 1360. The first-order valence-electron chi connectivity index (χ1n) is 9.47. The zero-order valence-electron chi connectivity index (χ0n) is 16.1. The summed E-state index contributed by atoms with van der Waals surface area (Å²) >= 11 is 7.49. The summed E-state index contributed by atoms with van der Waals surface area (Å²) in [6.07, 6.45) is 1.51. The second-order valence-electron chi connectivity index (χ2n) is 6.81. The van der Waals surface area contributed by atoms with Gasteiger partial charge >= 0.3 is 0 Å². The zero-order chi connectivity index (χ0) is 21.2. The van der Waals surface area contributed by atoms with Gasteiger partial charge in [0.2, 0.25) is 0 Å². The molecule has 5 rings (SSSR count). The number of fused-ring (bicyclic) bond motifs is 1. The fourth-order valence-electron chi connectivity index (χ4n) is 3.23. The molecule has 0 saturated carbocycles. The maximum Gasteiger partial charge on any atom is 0.265 e. The number of nitrogens with one attached hydrogen (secondary N) is 3. The summed E-state index contributed by atoms with van der Waals surface area (Å²) < 4.78 is 0. The minimum atomic E-state index is -0.111. The third-order valence-electron chi connectivity index (χ3n) is 4.71. The molecule has 3 N–H and O–H groups in total. The SMILES string of the molecule is O=C(Nc1ccc(-c2cc3c(Nc4cccc(Cl)c4)ncnc3[nH]2)cc1)c1cccs1. The van der Waals surface area contributed by atoms with Gasteiger partial charge in [-0.15, -0.1) is 11.3 Å². The van der Waals surface area contributed by atoms with Crippen molar-refractivity contribution in [1.29, 1.82) is 0 Å². The molecule has 0 unspecified atom stereocenters. The lowest BCUT2D eigenvalue weighted by Crippen LogP contribution is -2.09. The molecule has 0 bridgehead atoms. The molecule has 0 saturated heterocycles. The van der Waals surface area contributed by atoms with Crippen LogP contribution in [-0.2, 0) is 0 Å². The van der Waals surface area contributed by atoms with Crippen LogP contribution in [0, 0.1) is 0 Å². The van der Waals surface area contributed by atoms with Crippen LogP contribution in [0.2, 0.25) is 5.02 Å². The van der Waals surface area contributed by atoms with Crippen LogP contribution in [0.3, 0.4) is 0 Å². The van der Waals surface area contributed by atoms with Gasteiger partial charge in [-0.1, -0.05) is 35.9 Å². The van der Waals surface area contributed by atoms with Gasteiger partial charge in [-0.25, -0.2) is 9.97 Å². The number of thiophene rings is 1. The Morgan fingerprint density at radius 1 is 0.968 bits per heavy atom. The molecule has 2 aromatic carbocycles. The molecule has 5 aromatic rings. The molecule has 0 aliphatic rings. The average molecular weight is 446 g/mol. The van der Waals surface area contributed by atoms with Gasteiger partial charge < -0.3 is 15.6 Å². The van der Waals surface area contributed by atoms with E-state index in [1.54, 1.807) is 6.07 Å². The van der Waals surface area contributed by atoms with Crippen LogP contribution in [0.4, 0.5) is 17.2 Å². The van der Waals surface area contributed by atoms with Crippen molar-refractivity contribution in [2.45, 2.75) is 0 Å². The molecule has 0 aliphatic carbocycles. The highest BCUT2D eigenvalue weighted by Crippen LogP contribution is 2.29. The Hall–Kier alpha value is -3.68. The Labute approximate surface area is 187 Å². The van der Waals surface area contributed by atoms with E-state index in [1.165, 1.54) is 17.7 Å². The van der Waals surface area contributed by atoms with Crippen LogP contribution >= 0.6 is 22.9 Å². The first-order valence-corrected chi connectivity index (χ1v) is 10.7. The molecule has 0 aliphatic heterocycles. The third kappa shape index (κ3) is 4.14. The van der Waals surface area contributed by atoms with Crippen LogP contribution in [0.25, 0.3) is 22.3 Å². The van der Waals surface area contributed by atoms with Crippen molar-refractivity contribution in [2.75, 3.05) is 10.6 Å². The average Bonchev–Trinajstić information content (AvgIpc) is 3.45. The van der Waals surface area contributed by atoms with Crippen molar-refractivity contribution in [2.24, 2.45) is 0 Å². The number of hydrogen-bond acceptors (Lipinski definition) is 5. The number of halogens is 1. The van der Waals surface area contributed by atoms with Crippen molar-refractivity contribution in [3.8, 4) is 11.3 Å². The van der Waals surface area contributed by atoms with Crippen molar-refractivity contribution < 1.29 is 4.79 Å². The van der Waals surface area contributed by atoms with Gasteiger partial charge in [0.25, 0.3) is 5.91 Å². The summed E-state index contributed by atoms with van der Waals surface area (Å²) in [6.45, 7) is 0. The highest BCUT2D eigenvalue weighted by molar-refractivity contribution is 7.12. The van der Waals surface area contributed by atoms with Gasteiger partial charge in [0.15, 0.2) is 0 Å². The Kier molecular flexibility index (Phi) is 5.11. The monoisotopic (exact) mass is 445 g/mol. The van der Waals surface area contributed by atoms with Crippen LogP contribution in [0.5, 0.6) is 0 Å². The van der Waals surface area contributed by atoms with E-state index in [4.69, 9.17) is 11.6 Å². The largest absolute Gasteiger partial charge is 0.340 e. The first-order chi connectivity index (χ1) is 15.2. The second-order valence-corrected chi connectivity index (χ2v) is 8.20. The van der Waals surface area contributed by atoms with E-state index in [1.807, 2.05) is 66.0 Å². The molecule has 0 spiro atoms. The van der Waals surface area contributed by atoms with Crippen LogP contribution in [-0.4, -0.2) is 20.9 Å². The molecule has 31 heavy (non-hydrogen) atoms. The van der Waals surface area contributed by atoms with E-state index in [0.29, 0.717) is 15.7 Å². The van der Waals surface area contributed by atoms with Gasteiger partial charge in [0.05, 0.1) is 10.3 Å². The van der Waals surface area contributed by atoms with E-state index in [9.17, 15) is 4.79 Å². The molecule has 8 heteroatoms. The Morgan fingerprint density at radius 2 is 1.84 bits per heavy atom. The van der Waals surface area contributed by atoms with E-state index in [2.05, 4.69) is 25.6 Å². The summed E-state index contributed by atoms with van der Waals surface area (Å²) in [5.74, 6) is 0.579. The number of carbonyl (C=O) groups is 1. The molecule has 0 radical (unpaired) electrons. The number of rotatable bonds is 5. The highest BCUT2D eigenvalue weighted by atomic mass is 35.5. The molecular formula is C23H16ClN5OS. The summed E-state index contributed by atoms with van der Waals surface area (Å²) in [5, 5.41) is 9.60. The summed E-state index contributed by atoms with van der Waals surface area (Å²) in [7, 11) is 0. The number of nitrogens with zero attached hydrogens (tertiary/aromatic N) is 2. The number of benzene rings is 2.